The van der Waals surface area contributed by atoms with Crippen LogP contribution in [0, 0.1) is 0 Å². The number of rotatable bonds is 6. The number of unbranched alkanes of at least 4 members (excludes halogenated alkanes) is 1. The Morgan fingerprint density at radius 2 is 2.21 bits per heavy atom. The van der Waals surface area contributed by atoms with Crippen LogP contribution in [0.1, 0.15) is 17.7 Å². The van der Waals surface area contributed by atoms with Gasteiger partial charge in [-0.15, -0.1) is 11.3 Å². The molecule has 4 heteroatoms. The van der Waals surface area contributed by atoms with Gasteiger partial charge in [-0.1, -0.05) is 11.6 Å². The molecule has 1 heterocycles. The normalized spacial score (nSPS) is 11.1. The van der Waals surface area contributed by atoms with Crippen LogP contribution in [0.5, 0.6) is 0 Å². The van der Waals surface area contributed by atoms with E-state index in [0.717, 1.165) is 30.4 Å². The molecule has 0 saturated carbocycles. The van der Waals surface area contributed by atoms with Crippen molar-refractivity contribution in [2.45, 2.75) is 19.4 Å². The summed E-state index contributed by atoms with van der Waals surface area (Å²) in [6, 6.07) is 4.04. The molecule has 0 unspecified atom stereocenters. The van der Waals surface area contributed by atoms with Crippen molar-refractivity contribution in [2.75, 3.05) is 20.1 Å². The highest BCUT2D eigenvalue weighted by Gasteiger charge is 2.02. The summed E-state index contributed by atoms with van der Waals surface area (Å²) in [6.07, 6.45) is 2.28. The fraction of sp³-hybridized carbons (Fsp3) is 0.600. The van der Waals surface area contributed by atoms with E-state index in [-0.39, 0.29) is 0 Å². The molecular formula is C10H17ClN2S. The number of hydrogen-bond donors (Lipinski definition) is 1. The molecule has 0 fully saturated rings. The van der Waals surface area contributed by atoms with Gasteiger partial charge in [-0.25, -0.2) is 0 Å². The predicted octanol–water partition coefficient (Wildman–Crippen LogP) is 2.57. The molecule has 1 aromatic rings. The van der Waals surface area contributed by atoms with Gasteiger partial charge < -0.3 is 10.6 Å². The molecule has 0 spiro atoms. The molecule has 0 bridgehead atoms. The number of halogens is 1. The first-order chi connectivity index (χ1) is 6.72. The van der Waals surface area contributed by atoms with Crippen molar-refractivity contribution < 1.29 is 0 Å². The monoisotopic (exact) mass is 232 g/mol. The third-order valence-electron chi connectivity index (χ3n) is 2.05. The van der Waals surface area contributed by atoms with Crippen LogP contribution in [0.3, 0.4) is 0 Å². The largest absolute Gasteiger partial charge is 0.330 e. The highest BCUT2D eigenvalue weighted by atomic mass is 35.5. The fourth-order valence-corrected chi connectivity index (χ4v) is 2.48. The van der Waals surface area contributed by atoms with Crippen molar-refractivity contribution in [1.82, 2.24) is 4.90 Å². The Bertz CT molecular complexity index is 262. The smallest absolute Gasteiger partial charge is 0.0931 e. The number of nitrogens with two attached hydrogens (primary N) is 1. The van der Waals surface area contributed by atoms with E-state index < -0.39 is 0 Å². The summed E-state index contributed by atoms with van der Waals surface area (Å²) in [5, 5.41) is 0. The molecule has 0 radical (unpaired) electrons. The molecule has 1 aromatic heterocycles. The molecule has 2 nitrogen and oxygen atoms in total. The van der Waals surface area contributed by atoms with Gasteiger partial charge in [0.2, 0.25) is 0 Å². The first kappa shape index (κ1) is 12.0. The Morgan fingerprint density at radius 1 is 1.43 bits per heavy atom. The zero-order chi connectivity index (χ0) is 10.4. The van der Waals surface area contributed by atoms with Crippen LogP contribution in [0.15, 0.2) is 12.1 Å². The van der Waals surface area contributed by atoms with Crippen molar-refractivity contribution in [1.29, 1.82) is 0 Å². The van der Waals surface area contributed by atoms with Gasteiger partial charge in [-0.3, -0.25) is 0 Å². The molecule has 14 heavy (non-hydrogen) atoms. The highest BCUT2D eigenvalue weighted by Crippen LogP contribution is 2.22. The lowest BCUT2D eigenvalue weighted by atomic mass is 10.3. The molecule has 0 amide bonds. The molecule has 1 rings (SSSR count). The maximum absolute atomic E-state index is 5.85. The number of hydrogen-bond acceptors (Lipinski definition) is 3. The summed E-state index contributed by atoms with van der Waals surface area (Å²) in [7, 11) is 2.13. The SMILES string of the molecule is CN(CCCCN)Cc1ccc(Cl)s1. The minimum absolute atomic E-state index is 0.790. The van der Waals surface area contributed by atoms with Crippen LogP contribution < -0.4 is 5.73 Å². The van der Waals surface area contributed by atoms with Crippen molar-refractivity contribution in [3.8, 4) is 0 Å². The maximum Gasteiger partial charge on any atom is 0.0931 e. The Labute approximate surface area is 94.7 Å². The zero-order valence-electron chi connectivity index (χ0n) is 8.50. The molecule has 0 atom stereocenters. The molecule has 2 N–H and O–H groups in total. The molecule has 0 aliphatic rings. The summed E-state index contributed by atoms with van der Waals surface area (Å²) in [4.78, 5) is 3.63. The molecular weight excluding hydrogens is 216 g/mol. The third kappa shape index (κ3) is 4.42. The second kappa shape index (κ2) is 6.40. The van der Waals surface area contributed by atoms with Gasteiger partial charge in [-0.2, -0.15) is 0 Å². The van der Waals surface area contributed by atoms with Crippen LogP contribution in [-0.2, 0) is 6.54 Å². The summed E-state index contributed by atoms with van der Waals surface area (Å²) in [6.45, 7) is 2.88. The lowest BCUT2D eigenvalue weighted by Crippen LogP contribution is -2.19. The third-order valence-corrected chi connectivity index (χ3v) is 3.26. The molecule has 0 aliphatic heterocycles. The molecule has 0 aromatic carbocycles. The van der Waals surface area contributed by atoms with E-state index in [1.54, 1.807) is 11.3 Å². The van der Waals surface area contributed by atoms with E-state index in [9.17, 15) is 0 Å². The van der Waals surface area contributed by atoms with Gasteiger partial charge in [0.25, 0.3) is 0 Å². The standard InChI is InChI=1S/C10H17ClN2S/c1-13(7-3-2-6-12)8-9-4-5-10(11)14-9/h4-5H,2-3,6-8,12H2,1H3. The van der Waals surface area contributed by atoms with E-state index in [4.69, 9.17) is 17.3 Å². The maximum atomic E-state index is 5.85. The van der Waals surface area contributed by atoms with Gasteiger partial charge in [-0.05, 0) is 45.1 Å². The Hall–Kier alpha value is -0.0900. The first-order valence-electron chi connectivity index (χ1n) is 4.85. The average molecular weight is 233 g/mol. The van der Waals surface area contributed by atoms with Gasteiger partial charge in [0.1, 0.15) is 0 Å². The Morgan fingerprint density at radius 3 is 2.79 bits per heavy atom. The van der Waals surface area contributed by atoms with Crippen LogP contribution >= 0.6 is 22.9 Å². The van der Waals surface area contributed by atoms with Crippen LogP contribution in [0.2, 0.25) is 4.34 Å². The van der Waals surface area contributed by atoms with Gasteiger partial charge in [0.15, 0.2) is 0 Å². The van der Waals surface area contributed by atoms with Crippen molar-refractivity contribution >= 4 is 22.9 Å². The van der Waals surface area contributed by atoms with Gasteiger partial charge in [0.05, 0.1) is 4.34 Å². The minimum atomic E-state index is 0.790. The van der Waals surface area contributed by atoms with Crippen molar-refractivity contribution in [3.05, 3.63) is 21.3 Å². The fourth-order valence-electron chi connectivity index (χ4n) is 1.31. The second-order valence-electron chi connectivity index (χ2n) is 3.44. The lowest BCUT2D eigenvalue weighted by Gasteiger charge is -2.14. The molecule has 0 saturated heterocycles. The summed E-state index contributed by atoms with van der Waals surface area (Å²) >= 11 is 7.51. The highest BCUT2D eigenvalue weighted by molar-refractivity contribution is 7.16. The summed E-state index contributed by atoms with van der Waals surface area (Å²) < 4.78 is 0.871. The molecule has 0 aliphatic carbocycles. The molecule has 80 valence electrons. The zero-order valence-corrected chi connectivity index (χ0v) is 10.1. The number of nitrogens with zero attached hydrogens (tertiary/aromatic N) is 1. The Kier molecular flexibility index (Phi) is 5.48. The van der Waals surface area contributed by atoms with E-state index in [1.807, 2.05) is 6.07 Å². The van der Waals surface area contributed by atoms with Gasteiger partial charge in [0, 0.05) is 11.4 Å². The van der Waals surface area contributed by atoms with E-state index in [0.29, 0.717) is 0 Å². The minimum Gasteiger partial charge on any atom is -0.330 e. The summed E-state index contributed by atoms with van der Waals surface area (Å²) in [5.74, 6) is 0. The van der Waals surface area contributed by atoms with Crippen LogP contribution in [0.4, 0.5) is 0 Å². The Balaban J connectivity index is 2.23. The van der Waals surface area contributed by atoms with Crippen LogP contribution in [0.25, 0.3) is 0 Å². The average Bonchev–Trinajstić information content (AvgIpc) is 2.52. The number of thiophene rings is 1. The lowest BCUT2D eigenvalue weighted by molar-refractivity contribution is 0.322. The van der Waals surface area contributed by atoms with E-state index >= 15 is 0 Å². The first-order valence-corrected chi connectivity index (χ1v) is 6.04. The second-order valence-corrected chi connectivity index (χ2v) is 5.24. The van der Waals surface area contributed by atoms with Gasteiger partial charge >= 0.3 is 0 Å². The quantitative estimate of drug-likeness (QED) is 0.764. The van der Waals surface area contributed by atoms with E-state index in [1.165, 1.54) is 11.3 Å². The van der Waals surface area contributed by atoms with E-state index in [2.05, 4.69) is 18.0 Å². The van der Waals surface area contributed by atoms with Crippen molar-refractivity contribution in [3.63, 3.8) is 0 Å². The summed E-state index contributed by atoms with van der Waals surface area (Å²) in [5.41, 5.74) is 5.44. The predicted molar refractivity (Wildman–Crippen MR) is 64.0 cm³/mol. The topological polar surface area (TPSA) is 29.3 Å². The van der Waals surface area contributed by atoms with Crippen LogP contribution in [-0.4, -0.2) is 25.0 Å². The van der Waals surface area contributed by atoms with Crippen molar-refractivity contribution in [2.24, 2.45) is 5.73 Å².